The van der Waals surface area contributed by atoms with Crippen LogP contribution in [0.25, 0.3) is 0 Å². The van der Waals surface area contributed by atoms with E-state index in [0.29, 0.717) is 25.1 Å². The Labute approximate surface area is 75.5 Å². The summed E-state index contributed by atoms with van der Waals surface area (Å²) in [5.41, 5.74) is 0.421. The third-order valence-corrected chi connectivity index (χ3v) is 2.30. The molecule has 2 aliphatic rings. The van der Waals surface area contributed by atoms with Gasteiger partial charge in [0.25, 0.3) is 5.91 Å². The van der Waals surface area contributed by atoms with Gasteiger partial charge in [0.15, 0.2) is 12.4 Å². The van der Waals surface area contributed by atoms with E-state index in [9.17, 15) is 9.59 Å². The summed E-state index contributed by atoms with van der Waals surface area (Å²) in [4.78, 5) is 22.1. The Morgan fingerprint density at radius 3 is 3.08 bits per heavy atom. The molecule has 0 aromatic heterocycles. The van der Waals surface area contributed by atoms with Gasteiger partial charge in [-0.2, -0.15) is 0 Å². The van der Waals surface area contributed by atoms with Gasteiger partial charge in [0, 0.05) is 13.7 Å². The Morgan fingerprint density at radius 1 is 1.69 bits per heavy atom. The number of rotatable bonds is 2. The van der Waals surface area contributed by atoms with Crippen molar-refractivity contribution in [2.75, 3.05) is 20.2 Å². The predicted octanol–water partition coefficient (Wildman–Crippen LogP) is -0.843. The number of hydrogen-bond acceptors (Lipinski definition) is 4. The first kappa shape index (κ1) is 8.40. The first-order valence-corrected chi connectivity index (χ1v) is 4.05. The smallest absolute Gasteiger partial charge is 0.272 e. The van der Waals surface area contributed by atoms with Crippen molar-refractivity contribution < 1.29 is 14.3 Å². The number of carbonyl (C=O) groups is 2. The van der Waals surface area contributed by atoms with E-state index in [0.717, 1.165) is 0 Å². The van der Waals surface area contributed by atoms with Crippen molar-refractivity contribution in [3.05, 3.63) is 11.8 Å². The molecule has 5 heteroatoms. The molecule has 0 N–H and O–H groups in total. The molecule has 2 heterocycles. The molecule has 0 radical (unpaired) electrons. The van der Waals surface area contributed by atoms with E-state index >= 15 is 0 Å². The van der Waals surface area contributed by atoms with E-state index in [-0.39, 0.29) is 5.91 Å². The third kappa shape index (κ3) is 1.08. The zero-order valence-corrected chi connectivity index (χ0v) is 7.27. The van der Waals surface area contributed by atoms with Gasteiger partial charge < -0.3 is 4.74 Å². The van der Waals surface area contributed by atoms with Crippen LogP contribution in [0.5, 0.6) is 0 Å². The molecule has 0 saturated carbocycles. The second-order valence-corrected chi connectivity index (χ2v) is 2.99. The van der Waals surface area contributed by atoms with Crippen molar-refractivity contribution in [2.24, 2.45) is 0 Å². The van der Waals surface area contributed by atoms with Crippen LogP contribution >= 0.6 is 0 Å². The molecule has 0 bridgehead atoms. The van der Waals surface area contributed by atoms with E-state index in [4.69, 9.17) is 4.74 Å². The van der Waals surface area contributed by atoms with Crippen LogP contribution in [-0.2, 0) is 14.3 Å². The summed E-state index contributed by atoms with van der Waals surface area (Å²) in [7, 11) is 1.50. The van der Waals surface area contributed by atoms with Crippen molar-refractivity contribution in [3.8, 4) is 0 Å². The third-order valence-electron chi connectivity index (χ3n) is 2.30. The number of aldehydes is 1. The molecule has 70 valence electrons. The summed E-state index contributed by atoms with van der Waals surface area (Å²) >= 11 is 0. The lowest BCUT2D eigenvalue weighted by Crippen LogP contribution is -2.34. The molecule has 2 rings (SSSR count). The summed E-state index contributed by atoms with van der Waals surface area (Å²) in [6.45, 7) is 1.14. The van der Waals surface area contributed by atoms with E-state index < -0.39 is 6.10 Å². The normalized spacial score (nSPS) is 27.8. The fraction of sp³-hybridized carbons (Fsp3) is 0.500. The lowest BCUT2D eigenvalue weighted by molar-refractivity contribution is -0.139. The van der Waals surface area contributed by atoms with Gasteiger partial charge in [0.2, 0.25) is 0 Å². The molecule has 0 aromatic carbocycles. The van der Waals surface area contributed by atoms with Crippen LogP contribution in [-0.4, -0.2) is 48.5 Å². The van der Waals surface area contributed by atoms with Crippen LogP contribution in [0.3, 0.4) is 0 Å². The number of hydrazine groups is 1. The number of amides is 1. The minimum absolute atomic E-state index is 0.154. The summed E-state index contributed by atoms with van der Waals surface area (Å²) in [6.07, 6.45) is 2.00. The minimum Gasteiger partial charge on any atom is -0.370 e. The van der Waals surface area contributed by atoms with Crippen LogP contribution in [0, 0.1) is 0 Å². The summed E-state index contributed by atoms with van der Waals surface area (Å²) in [5, 5.41) is 3.18. The van der Waals surface area contributed by atoms with Gasteiger partial charge in [-0.25, -0.2) is 10.0 Å². The van der Waals surface area contributed by atoms with Gasteiger partial charge in [0.1, 0.15) is 0 Å². The molecule has 1 fully saturated rings. The highest BCUT2D eigenvalue weighted by molar-refractivity contribution is 5.90. The van der Waals surface area contributed by atoms with Crippen molar-refractivity contribution in [3.63, 3.8) is 0 Å². The van der Waals surface area contributed by atoms with Crippen LogP contribution < -0.4 is 0 Å². The molecule has 1 saturated heterocycles. The number of nitrogens with zero attached hydrogens (tertiary/aromatic N) is 2. The van der Waals surface area contributed by atoms with E-state index in [1.807, 2.05) is 0 Å². The Kier molecular flexibility index (Phi) is 1.90. The molecule has 0 aromatic rings. The first-order chi connectivity index (χ1) is 6.27. The molecular formula is C8H10N2O3. The Balaban J connectivity index is 2.22. The van der Waals surface area contributed by atoms with Gasteiger partial charge in [-0.1, -0.05) is 0 Å². The fourth-order valence-electron chi connectivity index (χ4n) is 1.63. The minimum atomic E-state index is -0.427. The number of hydrogen-bond donors (Lipinski definition) is 0. The average molecular weight is 182 g/mol. The van der Waals surface area contributed by atoms with Crippen molar-refractivity contribution in [2.45, 2.75) is 6.10 Å². The number of methoxy groups -OCH3 is 1. The zero-order chi connectivity index (χ0) is 9.42. The van der Waals surface area contributed by atoms with Gasteiger partial charge in [0.05, 0.1) is 12.2 Å². The Hall–Kier alpha value is -1.20. The fourth-order valence-corrected chi connectivity index (χ4v) is 1.63. The molecule has 0 aliphatic carbocycles. The topological polar surface area (TPSA) is 49.9 Å². The van der Waals surface area contributed by atoms with Crippen LogP contribution in [0.1, 0.15) is 0 Å². The van der Waals surface area contributed by atoms with Gasteiger partial charge in [-0.05, 0) is 6.08 Å². The maximum atomic E-state index is 11.5. The van der Waals surface area contributed by atoms with E-state index in [1.54, 1.807) is 11.1 Å². The molecule has 1 unspecified atom stereocenters. The number of fused-ring (bicyclic) bond motifs is 1. The second kappa shape index (κ2) is 2.93. The quantitative estimate of drug-likeness (QED) is 0.522. The average Bonchev–Trinajstić information content (AvgIpc) is 2.66. The maximum Gasteiger partial charge on any atom is 0.272 e. The lowest BCUT2D eigenvalue weighted by atomic mass is 10.3. The van der Waals surface area contributed by atoms with Gasteiger partial charge in [-0.15, -0.1) is 0 Å². The number of allylic oxidation sites excluding steroid dienone is 1. The highest BCUT2D eigenvalue weighted by atomic mass is 16.5. The maximum absolute atomic E-state index is 11.5. The van der Waals surface area contributed by atoms with Crippen molar-refractivity contribution in [1.82, 2.24) is 10.0 Å². The second-order valence-electron chi connectivity index (χ2n) is 2.99. The monoisotopic (exact) mass is 182 g/mol. The number of ether oxygens (including phenoxy) is 1. The van der Waals surface area contributed by atoms with Crippen molar-refractivity contribution in [1.29, 1.82) is 0 Å². The Bertz CT molecular complexity index is 287. The SMILES string of the molecule is COC1CN2CC=C(C=O)N2C1=O. The standard InChI is InChI=1S/C8H10N2O3/c1-13-7-4-9-3-2-6(5-11)10(9)8(7)12/h2,5,7H,3-4H2,1H3. The van der Waals surface area contributed by atoms with Crippen molar-refractivity contribution >= 4 is 12.2 Å². The summed E-state index contributed by atoms with van der Waals surface area (Å²) in [6, 6.07) is 0. The molecule has 1 atom stereocenters. The molecule has 0 spiro atoms. The summed E-state index contributed by atoms with van der Waals surface area (Å²) in [5.74, 6) is -0.154. The number of carbonyl (C=O) groups excluding carboxylic acids is 2. The first-order valence-electron chi connectivity index (χ1n) is 4.05. The Morgan fingerprint density at radius 2 is 2.46 bits per heavy atom. The van der Waals surface area contributed by atoms with Crippen LogP contribution in [0.15, 0.2) is 11.8 Å². The van der Waals surface area contributed by atoms with Crippen LogP contribution in [0.4, 0.5) is 0 Å². The summed E-state index contributed by atoms with van der Waals surface area (Å²) < 4.78 is 4.98. The van der Waals surface area contributed by atoms with Gasteiger partial charge in [-0.3, -0.25) is 9.59 Å². The van der Waals surface area contributed by atoms with Gasteiger partial charge >= 0.3 is 0 Å². The lowest BCUT2D eigenvalue weighted by Gasteiger charge is -2.18. The van der Waals surface area contributed by atoms with E-state index in [2.05, 4.69) is 0 Å². The molecule has 5 nitrogen and oxygen atoms in total. The molecular weight excluding hydrogens is 172 g/mol. The molecule has 1 amide bonds. The predicted molar refractivity (Wildman–Crippen MR) is 43.4 cm³/mol. The largest absolute Gasteiger partial charge is 0.370 e. The molecule has 13 heavy (non-hydrogen) atoms. The highest BCUT2D eigenvalue weighted by Crippen LogP contribution is 2.23. The van der Waals surface area contributed by atoms with E-state index in [1.165, 1.54) is 12.1 Å². The highest BCUT2D eigenvalue weighted by Gasteiger charge is 2.42. The van der Waals surface area contributed by atoms with Crippen LogP contribution in [0.2, 0.25) is 0 Å². The zero-order valence-electron chi connectivity index (χ0n) is 7.27. The molecule has 2 aliphatic heterocycles.